The van der Waals surface area contributed by atoms with E-state index in [-0.39, 0.29) is 35.6 Å². The van der Waals surface area contributed by atoms with Crippen molar-refractivity contribution in [3.05, 3.63) is 5.82 Å². The molecule has 0 radical (unpaired) electrons. The van der Waals surface area contributed by atoms with E-state index in [1.165, 1.54) is 0 Å². The minimum atomic E-state index is -4.81. The Bertz CT molecular complexity index is 459. The van der Waals surface area contributed by atoms with Crippen molar-refractivity contribution < 1.29 is 57.1 Å². The van der Waals surface area contributed by atoms with Gasteiger partial charge in [-0.3, -0.25) is 9.12 Å². The summed E-state index contributed by atoms with van der Waals surface area (Å²) in [6.45, 7) is 0. The molecule has 1 heterocycles. The summed E-state index contributed by atoms with van der Waals surface area (Å²) in [5.41, 5.74) is 0. The fraction of sp³-hybridized carbons (Fsp3) is 0.500. The molecule has 1 aromatic rings. The minimum Gasteiger partial charge on any atom is -1.00 e. The van der Waals surface area contributed by atoms with Crippen LogP contribution in [-0.2, 0) is 23.3 Å². The molecule has 0 bridgehead atoms. The second kappa shape index (κ2) is 4.37. The molecule has 1 rings (SSSR count). The summed E-state index contributed by atoms with van der Waals surface area (Å²) >= 11 is 0. The zero-order chi connectivity index (χ0) is 11.1. The van der Waals surface area contributed by atoms with Crippen LogP contribution in [0.1, 0.15) is 7.25 Å². The molecule has 0 saturated carbocycles. The van der Waals surface area contributed by atoms with Crippen molar-refractivity contribution in [3.8, 4) is 0 Å². The Morgan fingerprint density at radius 1 is 1.40 bits per heavy atom. The Balaban J connectivity index is 0. The standard InChI is InChI=1S/C4H4F3N3O3S.Na.H/c1-10-2(4(5,6)7)8-9-3(10)14(11,12)13;;/h1H3,(H,11,12,13);;/q;+1;-1. The molecule has 1 N–H and O–H groups in total. The zero-order valence-electron chi connectivity index (χ0n) is 8.65. The fourth-order valence-electron chi connectivity index (χ4n) is 0.786. The van der Waals surface area contributed by atoms with Crippen molar-refractivity contribution in [2.24, 2.45) is 7.05 Å². The molecule has 6 nitrogen and oxygen atoms in total. The zero-order valence-corrected chi connectivity index (χ0v) is 10.5. The van der Waals surface area contributed by atoms with Crippen LogP contribution in [0.5, 0.6) is 0 Å². The number of alkyl halides is 3. The molecule has 0 aliphatic rings. The van der Waals surface area contributed by atoms with E-state index in [1.807, 2.05) is 0 Å². The van der Waals surface area contributed by atoms with Gasteiger partial charge in [0.2, 0.25) is 5.82 Å². The summed E-state index contributed by atoms with van der Waals surface area (Å²) in [6.07, 6.45) is -4.81. The van der Waals surface area contributed by atoms with Gasteiger partial charge in [0.05, 0.1) is 0 Å². The molecular weight excluding hydrogens is 250 g/mol. The largest absolute Gasteiger partial charge is 1.00 e. The van der Waals surface area contributed by atoms with Crippen molar-refractivity contribution in [2.75, 3.05) is 0 Å². The van der Waals surface area contributed by atoms with Crippen LogP contribution in [0.3, 0.4) is 0 Å². The monoisotopic (exact) mass is 255 g/mol. The predicted octanol–water partition coefficient (Wildman–Crippen LogP) is -2.80. The second-order valence-corrected chi connectivity index (χ2v) is 3.65. The Morgan fingerprint density at radius 2 is 1.87 bits per heavy atom. The molecule has 0 amide bonds. The van der Waals surface area contributed by atoms with Crippen LogP contribution in [0.4, 0.5) is 13.2 Å². The van der Waals surface area contributed by atoms with Gasteiger partial charge in [0.1, 0.15) is 0 Å². The predicted molar refractivity (Wildman–Crippen MR) is 36.9 cm³/mol. The topological polar surface area (TPSA) is 85.1 Å². The molecule has 0 aliphatic carbocycles. The summed E-state index contributed by atoms with van der Waals surface area (Å²) in [6, 6.07) is 0. The van der Waals surface area contributed by atoms with Crippen molar-refractivity contribution in [2.45, 2.75) is 11.3 Å². The van der Waals surface area contributed by atoms with Crippen LogP contribution in [0.25, 0.3) is 0 Å². The maximum absolute atomic E-state index is 12.1. The van der Waals surface area contributed by atoms with E-state index < -0.39 is 27.3 Å². The second-order valence-electron chi connectivity index (χ2n) is 2.34. The first kappa shape index (κ1) is 14.8. The van der Waals surface area contributed by atoms with E-state index >= 15 is 0 Å². The molecule has 11 heteroatoms. The van der Waals surface area contributed by atoms with Gasteiger partial charge >= 0.3 is 45.9 Å². The fourth-order valence-corrected chi connectivity index (χ4v) is 1.36. The van der Waals surface area contributed by atoms with Gasteiger partial charge in [0.15, 0.2) is 0 Å². The third kappa shape index (κ3) is 3.14. The average Bonchev–Trinajstić information content (AvgIpc) is 2.26. The van der Waals surface area contributed by atoms with Gasteiger partial charge in [0, 0.05) is 7.05 Å². The van der Waals surface area contributed by atoms with Crippen LogP contribution in [0.2, 0.25) is 0 Å². The smallest absolute Gasteiger partial charge is 1.00 e. The maximum atomic E-state index is 12.1. The normalized spacial score (nSPS) is 12.3. The van der Waals surface area contributed by atoms with Crippen molar-refractivity contribution in [3.63, 3.8) is 0 Å². The molecule has 82 valence electrons. The van der Waals surface area contributed by atoms with E-state index in [4.69, 9.17) is 4.55 Å². The molecule has 0 atom stereocenters. The van der Waals surface area contributed by atoms with Crippen LogP contribution >= 0.6 is 0 Å². The Kier molecular flexibility index (Phi) is 4.33. The van der Waals surface area contributed by atoms with E-state index in [0.717, 1.165) is 7.05 Å². The number of hydrogen-bond donors (Lipinski definition) is 1. The van der Waals surface area contributed by atoms with Crippen LogP contribution in [-0.4, -0.2) is 27.7 Å². The van der Waals surface area contributed by atoms with Gasteiger partial charge in [0.25, 0.3) is 5.16 Å². The SMILES string of the molecule is Cn1c(C(F)(F)F)nnc1S(=O)(=O)O.[H-].[Na+]. The molecule has 0 spiro atoms. The third-order valence-corrected chi connectivity index (χ3v) is 2.14. The number of nitrogens with zero attached hydrogens (tertiary/aromatic N) is 3. The Morgan fingerprint density at radius 3 is 2.07 bits per heavy atom. The average molecular weight is 255 g/mol. The first-order chi connectivity index (χ1) is 6.14. The van der Waals surface area contributed by atoms with Crippen molar-refractivity contribution >= 4 is 10.1 Å². The maximum Gasteiger partial charge on any atom is 1.00 e. The molecule has 0 unspecified atom stereocenters. The van der Waals surface area contributed by atoms with E-state index in [1.54, 1.807) is 0 Å². The molecule has 1 aromatic heterocycles. The third-order valence-electron chi connectivity index (χ3n) is 1.32. The van der Waals surface area contributed by atoms with Crippen LogP contribution < -0.4 is 29.6 Å². The van der Waals surface area contributed by atoms with E-state index in [0.29, 0.717) is 0 Å². The summed E-state index contributed by atoms with van der Waals surface area (Å²) in [5, 5.41) is 4.16. The van der Waals surface area contributed by atoms with Gasteiger partial charge in [-0.25, -0.2) is 0 Å². The van der Waals surface area contributed by atoms with E-state index in [9.17, 15) is 21.6 Å². The first-order valence-corrected chi connectivity index (χ1v) is 4.52. The minimum absolute atomic E-state index is 0. The molecule has 0 fully saturated rings. The van der Waals surface area contributed by atoms with E-state index in [2.05, 4.69) is 10.2 Å². The van der Waals surface area contributed by atoms with Gasteiger partial charge < -0.3 is 1.43 Å². The van der Waals surface area contributed by atoms with Crippen LogP contribution in [0, 0.1) is 0 Å². The quantitative estimate of drug-likeness (QED) is 0.433. The van der Waals surface area contributed by atoms with Crippen molar-refractivity contribution in [1.29, 1.82) is 0 Å². The summed E-state index contributed by atoms with van der Waals surface area (Å²) in [5.74, 6) is -1.50. The number of rotatable bonds is 1. The molecule has 0 saturated heterocycles. The molecule has 0 aliphatic heterocycles. The Labute approximate surface area is 106 Å². The van der Waals surface area contributed by atoms with Gasteiger partial charge in [-0.05, 0) is 0 Å². The van der Waals surface area contributed by atoms with Gasteiger partial charge in [-0.15, -0.1) is 10.2 Å². The number of halogens is 3. The van der Waals surface area contributed by atoms with Crippen molar-refractivity contribution in [1.82, 2.24) is 14.8 Å². The summed E-state index contributed by atoms with van der Waals surface area (Å²) in [4.78, 5) is 0. The van der Waals surface area contributed by atoms with Gasteiger partial charge in [-0.2, -0.15) is 21.6 Å². The number of hydrogen-bond acceptors (Lipinski definition) is 4. The molecule has 0 aromatic carbocycles. The van der Waals surface area contributed by atoms with Crippen LogP contribution in [0.15, 0.2) is 5.16 Å². The summed E-state index contributed by atoms with van der Waals surface area (Å²) < 4.78 is 65.6. The molecular formula is C4H5F3N3NaO3S. The first-order valence-electron chi connectivity index (χ1n) is 3.08. The van der Waals surface area contributed by atoms with Gasteiger partial charge in [-0.1, -0.05) is 0 Å². The number of aromatic nitrogens is 3. The summed E-state index contributed by atoms with van der Waals surface area (Å²) in [7, 11) is -4.00. The Hall–Kier alpha value is -0.160. The molecule has 15 heavy (non-hydrogen) atoms.